The second kappa shape index (κ2) is 5.26. The van der Waals surface area contributed by atoms with Gasteiger partial charge in [0.2, 0.25) is 0 Å². The highest BCUT2D eigenvalue weighted by Crippen LogP contribution is 2.08. The maximum Gasteiger partial charge on any atom is 0.253 e. The second-order valence-electron chi connectivity index (χ2n) is 3.11. The number of hydrogen-bond acceptors (Lipinski definition) is 3. The first-order valence-corrected chi connectivity index (χ1v) is 4.56. The Morgan fingerprint density at radius 3 is 2.47 bits per heavy atom. The van der Waals surface area contributed by atoms with Crippen LogP contribution in [0.25, 0.3) is 0 Å². The number of ether oxygens (including phenoxy) is 1. The molecule has 1 N–H and O–H groups in total. The summed E-state index contributed by atoms with van der Waals surface area (Å²) in [6, 6.07) is 6.62. The van der Waals surface area contributed by atoms with Crippen LogP contribution in [0.1, 0.15) is 17.3 Å². The van der Waals surface area contributed by atoms with Gasteiger partial charge in [-0.15, -0.1) is 0 Å². The average molecular weight is 207 g/mol. The maximum absolute atomic E-state index is 11.4. The molecule has 0 aromatic heterocycles. The van der Waals surface area contributed by atoms with E-state index in [0.717, 1.165) is 6.29 Å². The molecule has 0 saturated heterocycles. The van der Waals surface area contributed by atoms with E-state index in [1.807, 2.05) is 0 Å². The first kappa shape index (κ1) is 11.4. The van der Waals surface area contributed by atoms with Crippen LogP contribution in [0, 0.1) is 0 Å². The number of rotatable bonds is 4. The predicted octanol–water partition coefficient (Wildman–Crippen LogP) is 1.47. The summed E-state index contributed by atoms with van der Waals surface area (Å²) >= 11 is 0. The third kappa shape index (κ3) is 3.18. The average Bonchev–Trinajstić information content (AvgIpc) is 2.29. The van der Waals surface area contributed by atoms with Gasteiger partial charge < -0.3 is 10.1 Å². The summed E-state index contributed by atoms with van der Waals surface area (Å²) in [5.41, 5.74) is 1.22. The maximum atomic E-state index is 11.4. The lowest BCUT2D eigenvalue weighted by Crippen LogP contribution is -2.26. The molecule has 0 aliphatic rings. The number of hydrogen-bond donors (Lipinski definition) is 1. The topological polar surface area (TPSA) is 55.4 Å². The summed E-state index contributed by atoms with van der Waals surface area (Å²) in [6.07, 6.45) is 0.263. The molecule has 0 spiro atoms. The molecular formula is C11H13NO3. The molecule has 1 unspecified atom stereocenters. The monoisotopic (exact) mass is 207 g/mol. The predicted molar refractivity (Wildman–Crippen MR) is 56.9 cm³/mol. The summed E-state index contributed by atoms with van der Waals surface area (Å²) < 4.78 is 4.86. The van der Waals surface area contributed by atoms with Crippen molar-refractivity contribution in [2.45, 2.75) is 13.0 Å². The van der Waals surface area contributed by atoms with Crippen molar-refractivity contribution in [1.29, 1.82) is 0 Å². The van der Waals surface area contributed by atoms with Crippen molar-refractivity contribution in [3.63, 3.8) is 0 Å². The molecule has 0 aliphatic carbocycles. The minimum atomic E-state index is -0.490. The molecule has 0 bridgehead atoms. The molecule has 1 aromatic carbocycles. The van der Waals surface area contributed by atoms with Crippen LogP contribution < -0.4 is 5.32 Å². The largest absolute Gasteiger partial charge is 0.372 e. The minimum absolute atomic E-state index is 0.212. The van der Waals surface area contributed by atoms with Gasteiger partial charge in [0.15, 0.2) is 0 Å². The minimum Gasteiger partial charge on any atom is -0.372 e. The van der Waals surface area contributed by atoms with Crippen molar-refractivity contribution in [2.24, 2.45) is 0 Å². The van der Waals surface area contributed by atoms with Crippen LogP contribution in [-0.2, 0) is 9.53 Å². The van der Waals surface area contributed by atoms with E-state index in [0.29, 0.717) is 11.3 Å². The van der Waals surface area contributed by atoms with Gasteiger partial charge in [-0.25, -0.2) is 0 Å². The van der Waals surface area contributed by atoms with Crippen LogP contribution >= 0.6 is 0 Å². The van der Waals surface area contributed by atoms with Gasteiger partial charge in [0.1, 0.15) is 12.4 Å². The Hall–Kier alpha value is -1.68. The SMILES string of the molecule is COC(C)C(=O)Nc1ccc(C=O)cc1. The fourth-order valence-electron chi connectivity index (χ4n) is 0.996. The molecule has 0 saturated carbocycles. The van der Waals surface area contributed by atoms with Gasteiger partial charge >= 0.3 is 0 Å². The zero-order chi connectivity index (χ0) is 11.3. The molecule has 1 atom stereocenters. The van der Waals surface area contributed by atoms with Gasteiger partial charge in [0.05, 0.1) is 0 Å². The highest BCUT2D eigenvalue weighted by molar-refractivity contribution is 5.94. The molecule has 80 valence electrons. The summed E-state index contributed by atoms with van der Waals surface area (Å²) in [4.78, 5) is 21.8. The van der Waals surface area contributed by atoms with Crippen LogP contribution in [0.4, 0.5) is 5.69 Å². The van der Waals surface area contributed by atoms with E-state index in [4.69, 9.17) is 4.74 Å². The molecule has 1 rings (SSSR count). The number of amides is 1. The summed E-state index contributed by atoms with van der Waals surface area (Å²) in [6.45, 7) is 1.66. The van der Waals surface area contributed by atoms with E-state index in [-0.39, 0.29) is 5.91 Å². The molecule has 15 heavy (non-hydrogen) atoms. The van der Waals surface area contributed by atoms with Crippen molar-refractivity contribution in [2.75, 3.05) is 12.4 Å². The van der Waals surface area contributed by atoms with Crippen LogP contribution in [0.5, 0.6) is 0 Å². The molecule has 1 aromatic rings. The number of methoxy groups -OCH3 is 1. The van der Waals surface area contributed by atoms with E-state index in [1.165, 1.54) is 7.11 Å². The first-order valence-electron chi connectivity index (χ1n) is 4.56. The number of carbonyl (C=O) groups is 2. The van der Waals surface area contributed by atoms with Crippen molar-refractivity contribution in [3.05, 3.63) is 29.8 Å². The second-order valence-corrected chi connectivity index (χ2v) is 3.11. The Bertz CT molecular complexity index is 345. The third-order valence-electron chi connectivity index (χ3n) is 2.04. The summed E-state index contributed by atoms with van der Waals surface area (Å²) in [7, 11) is 1.47. The fraction of sp³-hybridized carbons (Fsp3) is 0.273. The zero-order valence-electron chi connectivity index (χ0n) is 8.69. The van der Waals surface area contributed by atoms with Crippen molar-refractivity contribution < 1.29 is 14.3 Å². The summed E-state index contributed by atoms with van der Waals surface area (Å²) in [5, 5.41) is 2.66. The Kier molecular flexibility index (Phi) is 4.00. The zero-order valence-corrected chi connectivity index (χ0v) is 8.69. The van der Waals surface area contributed by atoms with Gasteiger partial charge in [-0.3, -0.25) is 9.59 Å². The van der Waals surface area contributed by atoms with E-state index in [2.05, 4.69) is 5.32 Å². The number of carbonyl (C=O) groups excluding carboxylic acids is 2. The summed E-state index contributed by atoms with van der Waals surface area (Å²) in [5.74, 6) is -0.212. The number of aldehydes is 1. The standard InChI is InChI=1S/C11H13NO3/c1-8(15-2)11(14)12-10-5-3-9(7-13)4-6-10/h3-8H,1-2H3,(H,12,14). The molecule has 4 heteroatoms. The van der Waals surface area contributed by atoms with Gasteiger partial charge in [-0.2, -0.15) is 0 Å². The van der Waals surface area contributed by atoms with Crippen molar-refractivity contribution in [3.8, 4) is 0 Å². The van der Waals surface area contributed by atoms with Gasteiger partial charge in [-0.05, 0) is 31.2 Å². The number of anilines is 1. The lowest BCUT2D eigenvalue weighted by molar-refractivity contribution is -0.124. The molecule has 1 amide bonds. The molecule has 0 heterocycles. The smallest absolute Gasteiger partial charge is 0.253 e. The van der Waals surface area contributed by atoms with Crippen molar-refractivity contribution in [1.82, 2.24) is 0 Å². The van der Waals surface area contributed by atoms with Crippen LogP contribution in [0.2, 0.25) is 0 Å². The van der Waals surface area contributed by atoms with Gasteiger partial charge in [0.25, 0.3) is 5.91 Å². The molecule has 4 nitrogen and oxygen atoms in total. The highest BCUT2D eigenvalue weighted by atomic mass is 16.5. The van der Waals surface area contributed by atoms with Crippen LogP contribution in [0.15, 0.2) is 24.3 Å². The van der Waals surface area contributed by atoms with Crippen molar-refractivity contribution >= 4 is 17.9 Å². The normalized spacial score (nSPS) is 11.9. The van der Waals surface area contributed by atoms with Crippen LogP contribution in [0.3, 0.4) is 0 Å². The third-order valence-corrected chi connectivity index (χ3v) is 2.04. The molecule has 0 fully saturated rings. The molecule has 0 radical (unpaired) electrons. The number of benzene rings is 1. The molecule has 0 aliphatic heterocycles. The Balaban J connectivity index is 2.65. The number of nitrogens with one attached hydrogen (secondary N) is 1. The quantitative estimate of drug-likeness (QED) is 0.761. The van der Waals surface area contributed by atoms with E-state index < -0.39 is 6.10 Å². The molecular weight excluding hydrogens is 194 g/mol. The lowest BCUT2D eigenvalue weighted by atomic mass is 10.2. The van der Waals surface area contributed by atoms with Crippen LogP contribution in [-0.4, -0.2) is 25.4 Å². The van der Waals surface area contributed by atoms with E-state index in [9.17, 15) is 9.59 Å². The van der Waals surface area contributed by atoms with Gasteiger partial charge in [0, 0.05) is 18.4 Å². The Labute approximate surface area is 88.2 Å². The highest BCUT2D eigenvalue weighted by Gasteiger charge is 2.10. The van der Waals surface area contributed by atoms with Gasteiger partial charge in [-0.1, -0.05) is 0 Å². The Morgan fingerprint density at radius 1 is 1.40 bits per heavy atom. The van der Waals surface area contributed by atoms with E-state index >= 15 is 0 Å². The van der Waals surface area contributed by atoms with E-state index in [1.54, 1.807) is 31.2 Å². The fourth-order valence-corrected chi connectivity index (χ4v) is 0.996. The first-order chi connectivity index (χ1) is 7.17. The lowest BCUT2D eigenvalue weighted by Gasteiger charge is -2.10. The Morgan fingerprint density at radius 2 is 2.00 bits per heavy atom.